The van der Waals surface area contributed by atoms with Gasteiger partial charge in [-0.1, -0.05) is 19.9 Å². The Morgan fingerprint density at radius 2 is 1.94 bits per heavy atom. The van der Waals surface area contributed by atoms with E-state index in [0.29, 0.717) is 22.3 Å². The number of hydrogen-bond acceptors (Lipinski definition) is 6. The molecule has 0 radical (unpaired) electrons. The number of anilines is 2. The molecule has 8 heteroatoms. The molecule has 32 heavy (non-hydrogen) atoms. The zero-order chi connectivity index (χ0) is 23.2. The van der Waals surface area contributed by atoms with Crippen LogP contribution in [-0.2, 0) is 7.05 Å². The van der Waals surface area contributed by atoms with E-state index in [1.54, 1.807) is 13.1 Å². The molecular weight excluding hydrogens is 408 g/mol. The standard InChI is InChI=1S/C24H30N4O4/c1-14-10-16(15(2)25-22-18(23(30)31)13-27(5)26-22)21-17(11-14)19(29)12-20(32-21)28-8-6-24(3,4)7-9-28/h10-13,15H,6-9H2,1-5H3,(H,25,26)(H,30,31)/t15-/m1/s1. The molecule has 1 fully saturated rings. The predicted octanol–water partition coefficient (Wildman–Crippen LogP) is 4.33. The van der Waals surface area contributed by atoms with Gasteiger partial charge in [0.05, 0.1) is 11.4 Å². The van der Waals surface area contributed by atoms with Gasteiger partial charge in [-0.2, -0.15) is 5.10 Å². The minimum atomic E-state index is -1.05. The van der Waals surface area contributed by atoms with Gasteiger partial charge in [0, 0.05) is 38.0 Å². The lowest BCUT2D eigenvalue weighted by Crippen LogP contribution is -2.37. The summed E-state index contributed by atoms with van der Waals surface area (Å²) < 4.78 is 7.78. The van der Waals surface area contributed by atoms with Crippen molar-refractivity contribution in [3.8, 4) is 0 Å². The van der Waals surface area contributed by atoms with Crippen LogP contribution in [0.15, 0.2) is 33.6 Å². The molecule has 0 unspecified atom stereocenters. The van der Waals surface area contributed by atoms with Gasteiger partial charge < -0.3 is 19.7 Å². The zero-order valence-electron chi connectivity index (χ0n) is 19.2. The van der Waals surface area contributed by atoms with Crippen molar-refractivity contribution in [2.75, 3.05) is 23.3 Å². The summed E-state index contributed by atoms with van der Waals surface area (Å²) in [6.45, 7) is 10.0. The number of rotatable bonds is 5. The molecule has 0 aliphatic carbocycles. The van der Waals surface area contributed by atoms with Crippen LogP contribution in [0.2, 0.25) is 0 Å². The van der Waals surface area contributed by atoms with Crippen LogP contribution < -0.4 is 15.6 Å². The highest BCUT2D eigenvalue weighted by Crippen LogP contribution is 2.34. The van der Waals surface area contributed by atoms with Gasteiger partial charge in [0.15, 0.2) is 17.1 Å². The number of benzene rings is 1. The van der Waals surface area contributed by atoms with Crippen molar-refractivity contribution < 1.29 is 14.3 Å². The SMILES string of the molecule is Cc1cc([C@@H](C)Nc2nn(C)cc2C(=O)O)c2oc(N3CCC(C)(C)CC3)cc(=O)c2c1. The Morgan fingerprint density at radius 3 is 2.59 bits per heavy atom. The Morgan fingerprint density at radius 1 is 1.25 bits per heavy atom. The summed E-state index contributed by atoms with van der Waals surface area (Å²) in [6.07, 6.45) is 3.53. The number of carboxylic acids is 1. The summed E-state index contributed by atoms with van der Waals surface area (Å²) in [6, 6.07) is 5.06. The van der Waals surface area contributed by atoms with Gasteiger partial charge in [-0.25, -0.2) is 4.79 Å². The summed E-state index contributed by atoms with van der Waals surface area (Å²) >= 11 is 0. The summed E-state index contributed by atoms with van der Waals surface area (Å²) in [4.78, 5) is 26.7. The zero-order valence-corrected chi connectivity index (χ0v) is 19.2. The highest BCUT2D eigenvalue weighted by molar-refractivity contribution is 5.93. The molecule has 2 N–H and O–H groups in total. The highest BCUT2D eigenvalue weighted by atomic mass is 16.4. The van der Waals surface area contributed by atoms with E-state index in [4.69, 9.17) is 4.42 Å². The highest BCUT2D eigenvalue weighted by Gasteiger charge is 2.27. The molecule has 1 aromatic carbocycles. The first-order valence-electron chi connectivity index (χ1n) is 10.9. The first kappa shape index (κ1) is 21.9. The average Bonchev–Trinajstić information content (AvgIpc) is 3.08. The Balaban J connectivity index is 1.75. The Labute approximate surface area is 186 Å². The van der Waals surface area contributed by atoms with Crippen LogP contribution in [0, 0.1) is 12.3 Å². The molecule has 1 atom stereocenters. The largest absolute Gasteiger partial charge is 0.477 e. The normalized spacial score (nSPS) is 16.8. The summed E-state index contributed by atoms with van der Waals surface area (Å²) in [5.74, 6) is -0.193. The number of nitrogens with zero attached hydrogens (tertiary/aromatic N) is 3. The third-order valence-corrected chi connectivity index (χ3v) is 6.30. The molecule has 8 nitrogen and oxygen atoms in total. The van der Waals surface area contributed by atoms with Crippen LogP contribution in [0.5, 0.6) is 0 Å². The van der Waals surface area contributed by atoms with Crippen LogP contribution in [0.25, 0.3) is 11.0 Å². The monoisotopic (exact) mass is 438 g/mol. The van der Waals surface area contributed by atoms with Gasteiger partial charge in [0.1, 0.15) is 11.1 Å². The molecule has 2 aromatic heterocycles. The summed E-state index contributed by atoms with van der Waals surface area (Å²) in [5.41, 5.74) is 2.55. The van der Waals surface area contributed by atoms with E-state index in [9.17, 15) is 14.7 Å². The molecule has 3 aromatic rings. The fourth-order valence-corrected chi connectivity index (χ4v) is 4.27. The summed E-state index contributed by atoms with van der Waals surface area (Å²) in [5, 5.41) is 17.4. The maximum atomic E-state index is 13.0. The molecule has 4 rings (SSSR count). The smallest absolute Gasteiger partial charge is 0.341 e. The van der Waals surface area contributed by atoms with Gasteiger partial charge in [-0.05, 0) is 43.7 Å². The second kappa shape index (κ2) is 8.00. The van der Waals surface area contributed by atoms with Crippen molar-refractivity contribution >= 4 is 28.6 Å². The van der Waals surface area contributed by atoms with Crippen molar-refractivity contribution in [1.29, 1.82) is 0 Å². The minimum absolute atomic E-state index is 0.0766. The third kappa shape index (κ3) is 4.22. The number of aryl methyl sites for hydroxylation is 2. The van der Waals surface area contributed by atoms with Crippen molar-refractivity contribution in [2.45, 2.75) is 46.6 Å². The second-order valence-electron chi connectivity index (χ2n) is 9.57. The summed E-state index contributed by atoms with van der Waals surface area (Å²) in [7, 11) is 1.68. The Hall–Kier alpha value is -3.29. The van der Waals surface area contributed by atoms with E-state index < -0.39 is 5.97 Å². The topological polar surface area (TPSA) is 101 Å². The molecule has 0 spiro atoms. The Bertz CT molecular complexity index is 1230. The maximum Gasteiger partial charge on any atom is 0.341 e. The van der Waals surface area contributed by atoms with E-state index >= 15 is 0 Å². The number of nitrogens with one attached hydrogen (secondary N) is 1. The fourth-order valence-electron chi connectivity index (χ4n) is 4.27. The molecule has 0 saturated carbocycles. The molecule has 3 heterocycles. The van der Waals surface area contributed by atoms with Crippen LogP contribution in [0.1, 0.15) is 61.1 Å². The van der Waals surface area contributed by atoms with Gasteiger partial charge >= 0.3 is 5.97 Å². The lowest BCUT2D eigenvalue weighted by Gasteiger charge is -2.37. The van der Waals surface area contributed by atoms with Crippen LogP contribution in [-0.4, -0.2) is 33.9 Å². The molecule has 1 aliphatic rings. The minimum Gasteiger partial charge on any atom is -0.477 e. The number of piperidine rings is 1. The second-order valence-corrected chi connectivity index (χ2v) is 9.57. The molecule has 0 amide bonds. The van der Waals surface area contributed by atoms with Gasteiger partial charge in [0.2, 0.25) is 0 Å². The first-order valence-corrected chi connectivity index (χ1v) is 10.9. The van der Waals surface area contributed by atoms with E-state index in [1.807, 2.05) is 26.0 Å². The van der Waals surface area contributed by atoms with Crippen molar-refractivity contribution in [1.82, 2.24) is 9.78 Å². The van der Waals surface area contributed by atoms with Gasteiger partial charge in [0.25, 0.3) is 0 Å². The molecule has 170 valence electrons. The van der Waals surface area contributed by atoms with E-state index in [0.717, 1.165) is 37.1 Å². The molecule has 1 saturated heterocycles. The maximum absolute atomic E-state index is 13.0. The number of hydrogen-bond donors (Lipinski definition) is 2. The van der Waals surface area contributed by atoms with Crippen LogP contribution >= 0.6 is 0 Å². The van der Waals surface area contributed by atoms with Crippen LogP contribution in [0.4, 0.5) is 11.7 Å². The van der Waals surface area contributed by atoms with Crippen molar-refractivity contribution in [3.63, 3.8) is 0 Å². The predicted molar refractivity (Wildman–Crippen MR) is 125 cm³/mol. The number of carboxylic acid groups (broad SMARTS) is 1. The lowest BCUT2D eigenvalue weighted by molar-refractivity contribution is 0.0697. The average molecular weight is 439 g/mol. The van der Waals surface area contributed by atoms with Crippen LogP contribution in [0.3, 0.4) is 0 Å². The number of fused-ring (bicyclic) bond motifs is 1. The first-order chi connectivity index (χ1) is 15.0. The van der Waals surface area contributed by atoms with E-state index in [-0.39, 0.29) is 22.9 Å². The van der Waals surface area contributed by atoms with Crippen molar-refractivity contribution in [2.24, 2.45) is 12.5 Å². The third-order valence-electron chi connectivity index (χ3n) is 6.30. The van der Waals surface area contributed by atoms with Crippen molar-refractivity contribution in [3.05, 3.63) is 51.3 Å². The molecule has 1 aliphatic heterocycles. The number of aromatic carboxylic acids is 1. The van der Waals surface area contributed by atoms with E-state index in [1.165, 1.54) is 10.9 Å². The fraction of sp³-hybridized carbons (Fsp3) is 0.458. The molecule has 0 bridgehead atoms. The quantitative estimate of drug-likeness (QED) is 0.611. The molecular formula is C24H30N4O4. The lowest BCUT2D eigenvalue weighted by atomic mass is 9.83. The number of aromatic nitrogens is 2. The van der Waals surface area contributed by atoms with E-state index in [2.05, 4.69) is 29.2 Å². The number of carbonyl (C=O) groups is 1. The van der Waals surface area contributed by atoms with Gasteiger partial charge in [-0.3, -0.25) is 9.48 Å². The van der Waals surface area contributed by atoms with Gasteiger partial charge in [-0.15, -0.1) is 0 Å². The Kier molecular flexibility index (Phi) is 5.48.